The van der Waals surface area contributed by atoms with Gasteiger partial charge in [-0.3, -0.25) is 4.79 Å². The van der Waals surface area contributed by atoms with Crippen molar-refractivity contribution in [2.45, 2.75) is 28.9 Å². The van der Waals surface area contributed by atoms with Gasteiger partial charge in [-0.1, -0.05) is 23.1 Å². The lowest BCUT2D eigenvalue weighted by Gasteiger charge is -2.11. The number of benzene rings is 1. The molecule has 1 fully saturated rings. The van der Waals surface area contributed by atoms with Crippen LogP contribution in [-0.2, 0) is 9.53 Å². The third-order valence-corrected chi connectivity index (χ3v) is 5.95. The molecule has 1 saturated carbocycles. The van der Waals surface area contributed by atoms with E-state index in [9.17, 15) is 9.59 Å². The third kappa shape index (κ3) is 4.13. The Balaban J connectivity index is 1.79. The lowest BCUT2D eigenvalue weighted by molar-refractivity contribution is -0.117. The molecule has 0 atom stereocenters. The van der Waals surface area contributed by atoms with E-state index in [0.29, 0.717) is 16.4 Å². The maximum Gasteiger partial charge on any atom is 0.341 e. The summed E-state index contributed by atoms with van der Waals surface area (Å²) in [4.78, 5) is 28.9. The van der Waals surface area contributed by atoms with Gasteiger partial charge < -0.3 is 14.8 Å². The first-order valence-corrected chi connectivity index (χ1v) is 9.36. The number of carbonyl (C=O) groups is 2. The van der Waals surface area contributed by atoms with Crippen molar-refractivity contribution < 1.29 is 19.1 Å². The first-order chi connectivity index (χ1) is 12.0. The number of nitrogens with one attached hydrogen (secondary N) is 1. The van der Waals surface area contributed by atoms with Crippen molar-refractivity contribution in [3.63, 3.8) is 0 Å². The van der Waals surface area contributed by atoms with Crippen molar-refractivity contribution in [3.8, 4) is 5.75 Å². The van der Waals surface area contributed by atoms with Crippen LogP contribution in [0.25, 0.3) is 0 Å². The van der Waals surface area contributed by atoms with Gasteiger partial charge in [0.25, 0.3) is 0 Å². The van der Waals surface area contributed by atoms with Crippen molar-refractivity contribution >= 4 is 40.1 Å². The Morgan fingerprint density at radius 2 is 2.08 bits per heavy atom. The van der Waals surface area contributed by atoms with E-state index in [1.807, 2.05) is 13.0 Å². The third-order valence-electron chi connectivity index (χ3n) is 3.78. The maximum absolute atomic E-state index is 11.9. The molecule has 0 aliphatic heterocycles. The van der Waals surface area contributed by atoms with Crippen molar-refractivity contribution in [1.29, 1.82) is 0 Å². The monoisotopic (exact) mass is 378 g/mol. The minimum atomic E-state index is -0.444. The summed E-state index contributed by atoms with van der Waals surface area (Å²) in [5, 5.41) is 3.44. The topological polar surface area (TPSA) is 77.5 Å². The number of hydrogen-bond acceptors (Lipinski definition) is 7. The van der Waals surface area contributed by atoms with Gasteiger partial charge in [0.1, 0.15) is 11.3 Å². The molecule has 1 aromatic carbocycles. The molecule has 1 heterocycles. The smallest absolute Gasteiger partial charge is 0.341 e. The van der Waals surface area contributed by atoms with Crippen molar-refractivity contribution in [1.82, 2.24) is 4.98 Å². The molecule has 1 amide bonds. The number of hydrogen-bond donors (Lipinski definition) is 1. The lowest BCUT2D eigenvalue weighted by Crippen LogP contribution is -2.12. The number of ether oxygens (including phenoxy) is 2. The Morgan fingerprint density at radius 3 is 2.72 bits per heavy atom. The van der Waals surface area contributed by atoms with Crippen LogP contribution in [0.5, 0.6) is 5.75 Å². The fourth-order valence-corrected chi connectivity index (χ4v) is 4.18. The van der Waals surface area contributed by atoms with Crippen LogP contribution in [0.3, 0.4) is 0 Å². The van der Waals surface area contributed by atoms with Crippen LogP contribution < -0.4 is 10.1 Å². The van der Waals surface area contributed by atoms with E-state index in [0.717, 1.165) is 27.5 Å². The summed E-state index contributed by atoms with van der Waals surface area (Å²) in [5.74, 6) is 0.224. The highest BCUT2D eigenvalue weighted by atomic mass is 32.2. The Morgan fingerprint density at radius 1 is 1.32 bits per heavy atom. The summed E-state index contributed by atoms with van der Waals surface area (Å²) in [5.41, 5.74) is 1.36. The summed E-state index contributed by atoms with van der Waals surface area (Å²) < 4.78 is 11.0. The van der Waals surface area contributed by atoms with E-state index in [1.54, 1.807) is 12.3 Å². The summed E-state index contributed by atoms with van der Waals surface area (Å²) in [6.07, 6.45) is 3.64. The van der Waals surface area contributed by atoms with Crippen LogP contribution in [0.15, 0.2) is 27.4 Å². The molecule has 0 unspecified atom stereocenters. The Bertz CT molecular complexity index is 815. The Hall–Kier alpha value is -2.06. The van der Waals surface area contributed by atoms with E-state index in [1.165, 1.54) is 37.3 Å². The van der Waals surface area contributed by atoms with Gasteiger partial charge >= 0.3 is 5.97 Å². The number of carbonyl (C=O) groups excluding carboxylic acids is 2. The molecule has 1 aromatic heterocycles. The number of thiazole rings is 1. The molecule has 6 nitrogen and oxygen atoms in total. The molecule has 3 rings (SSSR count). The molecule has 132 valence electrons. The fraction of sp³-hybridized carbons (Fsp3) is 0.353. The second-order valence-corrected chi connectivity index (χ2v) is 8.03. The number of amides is 1. The molecule has 0 bridgehead atoms. The second-order valence-electron chi connectivity index (χ2n) is 5.66. The van der Waals surface area contributed by atoms with E-state index in [4.69, 9.17) is 9.47 Å². The van der Waals surface area contributed by atoms with Crippen LogP contribution in [0.4, 0.5) is 5.13 Å². The highest BCUT2D eigenvalue weighted by Gasteiger charge is 2.30. The number of methoxy groups -OCH3 is 2. The van der Waals surface area contributed by atoms with Crippen LogP contribution in [-0.4, -0.2) is 31.1 Å². The molecular weight excluding hydrogens is 360 g/mol. The van der Waals surface area contributed by atoms with Gasteiger partial charge in [0.15, 0.2) is 5.13 Å². The predicted molar refractivity (Wildman–Crippen MR) is 96.7 cm³/mol. The number of aromatic nitrogens is 1. The first-order valence-electron chi connectivity index (χ1n) is 7.73. The van der Waals surface area contributed by atoms with Gasteiger partial charge in [-0.05, 0) is 37.5 Å². The zero-order valence-corrected chi connectivity index (χ0v) is 15.8. The predicted octanol–water partition coefficient (Wildman–Crippen LogP) is 3.75. The Labute approximate surface area is 153 Å². The molecule has 8 heteroatoms. The molecule has 0 spiro atoms. The number of nitrogens with zero attached hydrogens (tertiary/aromatic N) is 1. The minimum Gasteiger partial charge on any atom is -0.496 e. The normalized spacial score (nSPS) is 13.4. The highest BCUT2D eigenvalue weighted by molar-refractivity contribution is 8.01. The fourth-order valence-electron chi connectivity index (χ4n) is 2.24. The molecule has 0 saturated heterocycles. The number of rotatable bonds is 6. The average molecular weight is 378 g/mol. The van der Waals surface area contributed by atoms with Gasteiger partial charge in [0.2, 0.25) is 5.91 Å². The summed E-state index contributed by atoms with van der Waals surface area (Å²) in [7, 11) is 2.86. The van der Waals surface area contributed by atoms with Gasteiger partial charge in [-0.25, -0.2) is 9.78 Å². The van der Waals surface area contributed by atoms with Crippen LogP contribution in [0.2, 0.25) is 0 Å². The second kappa shape index (κ2) is 7.45. The zero-order chi connectivity index (χ0) is 18.0. The summed E-state index contributed by atoms with van der Waals surface area (Å²) in [6.45, 7) is 1.95. The molecule has 0 radical (unpaired) electrons. The quantitative estimate of drug-likeness (QED) is 0.772. The van der Waals surface area contributed by atoms with Crippen LogP contribution in [0, 0.1) is 12.8 Å². The van der Waals surface area contributed by atoms with Gasteiger partial charge in [0, 0.05) is 10.8 Å². The van der Waals surface area contributed by atoms with Crippen LogP contribution in [0.1, 0.15) is 28.8 Å². The van der Waals surface area contributed by atoms with Gasteiger partial charge in [-0.15, -0.1) is 0 Å². The van der Waals surface area contributed by atoms with Crippen molar-refractivity contribution in [2.75, 3.05) is 19.5 Å². The molecular formula is C17H18N2O4S2. The van der Waals surface area contributed by atoms with E-state index >= 15 is 0 Å². The largest absolute Gasteiger partial charge is 0.496 e. The molecule has 2 aromatic rings. The maximum atomic E-state index is 11.9. The summed E-state index contributed by atoms with van der Waals surface area (Å²) in [6, 6.07) is 3.57. The van der Waals surface area contributed by atoms with Crippen molar-refractivity contribution in [3.05, 3.63) is 29.5 Å². The van der Waals surface area contributed by atoms with Crippen molar-refractivity contribution in [2.24, 2.45) is 5.92 Å². The Kier molecular flexibility index (Phi) is 5.29. The molecule has 1 aliphatic rings. The minimum absolute atomic E-state index is 0.0412. The highest BCUT2D eigenvalue weighted by Crippen LogP contribution is 2.39. The van der Waals surface area contributed by atoms with Crippen LogP contribution >= 0.6 is 23.1 Å². The molecule has 1 aliphatic carbocycles. The standard InChI is InChI=1S/C17H18N2O4S2/c1-9-6-12(22-2)11(16(21)23-3)7-13(9)24-14-8-18-17(25-14)19-15(20)10-4-5-10/h6-8,10H,4-5H2,1-3H3,(H,18,19,20). The first kappa shape index (κ1) is 17.8. The zero-order valence-electron chi connectivity index (χ0n) is 14.1. The molecule has 1 N–H and O–H groups in total. The summed E-state index contributed by atoms with van der Waals surface area (Å²) >= 11 is 2.90. The van der Waals surface area contributed by atoms with E-state index in [2.05, 4.69) is 10.3 Å². The number of aryl methyl sites for hydroxylation is 1. The van der Waals surface area contributed by atoms with E-state index < -0.39 is 5.97 Å². The van der Waals surface area contributed by atoms with Gasteiger partial charge in [-0.2, -0.15) is 0 Å². The SMILES string of the molecule is COC(=O)c1cc(Sc2cnc(NC(=O)C3CC3)s2)c(C)cc1OC. The molecule has 25 heavy (non-hydrogen) atoms. The number of esters is 1. The van der Waals surface area contributed by atoms with Gasteiger partial charge in [0.05, 0.1) is 24.6 Å². The number of anilines is 1. The lowest BCUT2D eigenvalue weighted by atomic mass is 10.1. The average Bonchev–Trinajstić information content (AvgIpc) is 3.37. The van der Waals surface area contributed by atoms with E-state index in [-0.39, 0.29) is 11.8 Å².